The first-order valence-corrected chi connectivity index (χ1v) is 24.7. The molecule has 0 bridgehead atoms. The quantitative estimate of drug-likeness (QED) is 0.241. The van der Waals surface area contributed by atoms with Gasteiger partial charge < -0.3 is 8.82 Å². The third-order valence-corrected chi connectivity index (χ3v) is 25.2. The molecule has 0 aliphatic rings. The number of nitrogens with zero attached hydrogens (tertiary/aromatic N) is 2. The first-order valence-electron chi connectivity index (χ1n) is 13.9. The van der Waals surface area contributed by atoms with Crippen molar-refractivity contribution in [3.63, 3.8) is 0 Å². The Labute approximate surface area is 229 Å². The van der Waals surface area contributed by atoms with E-state index in [0.717, 1.165) is 12.3 Å². The van der Waals surface area contributed by atoms with Crippen LogP contribution in [0, 0.1) is 0 Å². The van der Waals surface area contributed by atoms with E-state index in [1.54, 1.807) is 0 Å². The Balaban J connectivity index is 3.87. The monoisotopic (exact) mass is 568 g/mol. The van der Waals surface area contributed by atoms with Gasteiger partial charge in [-0.3, -0.25) is 0 Å². The van der Waals surface area contributed by atoms with E-state index in [2.05, 4.69) is 147 Å². The van der Waals surface area contributed by atoms with Crippen LogP contribution in [0.25, 0.3) is 0 Å². The van der Waals surface area contributed by atoms with Gasteiger partial charge in [0, 0.05) is 12.3 Å². The number of rotatable bonds is 6. The average Bonchev–Trinajstić information content (AvgIpc) is 2.54. The van der Waals surface area contributed by atoms with E-state index >= 15 is 0 Å². The Morgan fingerprint density at radius 1 is 0.528 bits per heavy atom. The highest BCUT2D eigenvalue weighted by Gasteiger charge is 2.46. The van der Waals surface area contributed by atoms with E-state index in [0.29, 0.717) is 0 Å². The lowest BCUT2D eigenvalue weighted by atomic mass is 10.2. The third-order valence-electron chi connectivity index (χ3n) is 7.19. The van der Waals surface area contributed by atoms with E-state index in [-0.39, 0.29) is 20.6 Å². The molecule has 0 aliphatic carbocycles. The molecule has 6 heteroatoms. The molecular formula is C30H62N2P2Si2. The zero-order valence-electron chi connectivity index (χ0n) is 27.5. The van der Waals surface area contributed by atoms with Gasteiger partial charge in [-0.15, -0.1) is 0 Å². The second kappa shape index (κ2) is 10.6. The Morgan fingerprint density at radius 2 is 0.778 bits per heavy atom. The van der Waals surface area contributed by atoms with E-state index in [1.165, 1.54) is 11.1 Å². The minimum atomic E-state index is -1.70. The highest BCUT2D eigenvalue weighted by Crippen LogP contribution is 2.73. The first kappa shape index (κ1) is 34.1. The molecule has 210 valence electrons. The molecule has 0 radical (unpaired) electrons. The van der Waals surface area contributed by atoms with Gasteiger partial charge in [-0.05, 0) is 45.9 Å². The van der Waals surface area contributed by atoms with Gasteiger partial charge >= 0.3 is 0 Å². The second-order valence-electron chi connectivity index (χ2n) is 16.9. The van der Waals surface area contributed by atoms with Gasteiger partial charge in [0.15, 0.2) is 16.5 Å². The number of hydrogen-bond acceptors (Lipinski definition) is 2. The van der Waals surface area contributed by atoms with Gasteiger partial charge in [-0.1, -0.05) is 147 Å². The van der Waals surface area contributed by atoms with Gasteiger partial charge in [-0.25, -0.2) is 0 Å². The molecule has 0 unspecified atom stereocenters. The first-order chi connectivity index (χ1) is 15.6. The Hall–Kier alpha value is 0.114. The lowest BCUT2D eigenvalue weighted by Gasteiger charge is -2.49. The maximum atomic E-state index is 5.85. The number of hydrogen-bond donors (Lipinski definition) is 0. The molecule has 0 aromatic heterocycles. The molecule has 0 heterocycles. The van der Waals surface area contributed by atoms with Crippen molar-refractivity contribution in [3.05, 3.63) is 35.4 Å². The predicted molar refractivity (Wildman–Crippen MR) is 178 cm³/mol. The SMILES string of the molecule is CC(C)(C)P(Cc1cccc(CP(=N[Si](C)(C)C)(C(C)(C)C)C(C)(C)C)c1)(=N[Si](C)(C)C)C(C)(C)C. The van der Waals surface area contributed by atoms with Crippen LogP contribution in [0.1, 0.15) is 94.2 Å². The molecule has 0 saturated carbocycles. The summed E-state index contributed by atoms with van der Waals surface area (Å²) in [7, 11) is -6.65. The predicted octanol–water partition coefficient (Wildman–Crippen LogP) is 12.0. The van der Waals surface area contributed by atoms with Crippen LogP contribution in [-0.4, -0.2) is 37.1 Å². The Morgan fingerprint density at radius 3 is 0.972 bits per heavy atom. The molecule has 0 spiro atoms. The standard InChI is InChI=1S/C30H62N2P2Si2/c1-27(2,3)33(28(4,5)6,31-35(13,14)15)23-25-20-19-21-26(22-25)24-34(29(7,8)9,30(10,11)12)32-36(16,17)18/h19-22H,23-24H2,1-18H3. The fraction of sp³-hybridized carbons (Fsp3) is 0.800. The zero-order chi connectivity index (χ0) is 28.8. The Bertz CT molecular complexity index is 898. The molecule has 0 saturated heterocycles. The fourth-order valence-corrected chi connectivity index (χ4v) is 26.9. The van der Waals surface area contributed by atoms with Crippen LogP contribution in [0.15, 0.2) is 33.1 Å². The summed E-state index contributed by atoms with van der Waals surface area (Å²) in [6, 6.07) is 9.60. The molecule has 1 aromatic rings. The van der Waals surface area contributed by atoms with E-state index in [9.17, 15) is 0 Å². The maximum Gasteiger partial charge on any atom is 0.170 e. The molecule has 2 nitrogen and oxygen atoms in total. The minimum Gasteiger partial charge on any atom is -0.337 e. The van der Waals surface area contributed by atoms with Crippen molar-refractivity contribution in [2.45, 2.75) is 155 Å². The van der Waals surface area contributed by atoms with Crippen molar-refractivity contribution in [2.24, 2.45) is 8.82 Å². The molecule has 0 N–H and O–H groups in total. The lowest BCUT2D eigenvalue weighted by Crippen LogP contribution is -2.33. The van der Waals surface area contributed by atoms with Crippen LogP contribution < -0.4 is 0 Å². The highest BCUT2D eigenvalue weighted by molar-refractivity contribution is 7.70. The van der Waals surface area contributed by atoms with Crippen LogP contribution in [-0.2, 0) is 12.3 Å². The molecule has 0 atom stereocenters. The van der Waals surface area contributed by atoms with Crippen LogP contribution in [0.4, 0.5) is 0 Å². The van der Waals surface area contributed by atoms with Crippen LogP contribution in [0.3, 0.4) is 0 Å². The smallest absolute Gasteiger partial charge is 0.170 e. The summed E-state index contributed by atoms with van der Waals surface area (Å²) in [4.78, 5) is 0. The van der Waals surface area contributed by atoms with Gasteiger partial charge in [0.25, 0.3) is 0 Å². The zero-order valence-corrected chi connectivity index (χ0v) is 31.3. The normalized spacial score (nSPS) is 15.2. The van der Waals surface area contributed by atoms with Crippen molar-refractivity contribution < 1.29 is 0 Å². The third kappa shape index (κ3) is 8.06. The van der Waals surface area contributed by atoms with Crippen molar-refractivity contribution >= 4 is 30.6 Å². The van der Waals surface area contributed by atoms with Crippen LogP contribution in [0.5, 0.6) is 0 Å². The van der Waals surface area contributed by atoms with Gasteiger partial charge in [-0.2, -0.15) is 0 Å². The van der Waals surface area contributed by atoms with Crippen molar-refractivity contribution in [1.29, 1.82) is 0 Å². The van der Waals surface area contributed by atoms with Crippen molar-refractivity contribution in [3.8, 4) is 0 Å². The molecule has 36 heavy (non-hydrogen) atoms. The summed E-state index contributed by atoms with van der Waals surface area (Å²) >= 11 is 0. The average molecular weight is 569 g/mol. The molecule has 0 amide bonds. The van der Waals surface area contributed by atoms with Crippen LogP contribution in [0.2, 0.25) is 39.3 Å². The van der Waals surface area contributed by atoms with E-state index in [1.807, 2.05) is 0 Å². The van der Waals surface area contributed by atoms with Crippen molar-refractivity contribution in [1.82, 2.24) is 0 Å². The summed E-state index contributed by atoms with van der Waals surface area (Å²) in [6.45, 7) is 43.9. The minimum absolute atomic E-state index is 0.169. The highest BCUT2D eigenvalue weighted by atomic mass is 31.2. The van der Waals surface area contributed by atoms with Crippen molar-refractivity contribution in [2.75, 3.05) is 0 Å². The molecule has 1 aromatic carbocycles. The summed E-state index contributed by atoms with van der Waals surface area (Å²) in [5.41, 5.74) is 2.95. The largest absolute Gasteiger partial charge is 0.337 e. The molecular weight excluding hydrogens is 506 g/mol. The fourth-order valence-electron chi connectivity index (χ4n) is 6.01. The second-order valence-corrected chi connectivity index (χ2v) is 36.3. The molecule has 0 fully saturated rings. The topological polar surface area (TPSA) is 24.7 Å². The van der Waals surface area contributed by atoms with Gasteiger partial charge in [0.2, 0.25) is 0 Å². The van der Waals surface area contributed by atoms with E-state index < -0.39 is 30.6 Å². The molecule has 0 aliphatic heterocycles. The number of benzene rings is 1. The summed E-state index contributed by atoms with van der Waals surface area (Å²) < 4.78 is 11.7. The Kier molecular flexibility index (Phi) is 10.0. The maximum absolute atomic E-state index is 5.85. The summed E-state index contributed by atoms with van der Waals surface area (Å²) in [5.74, 6) is 0. The molecule has 1 rings (SSSR count). The summed E-state index contributed by atoms with van der Waals surface area (Å²) in [6.07, 6.45) is 2.19. The lowest BCUT2D eigenvalue weighted by molar-refractivity contribution is 0.690. The van der Waals surface area contributed by atoms with Crippen LogP contribution >= 0.6 is 14.1 Å². The van der Waals surface area contributed by atoms with E-state index in [4.69, 9.17) is 8.82 Å². The summed E-state index contributed by atoms with van der Waals surface area (Å²) in [5, 5.41) is 0.676. The van der Waals surface area contributed by atoms with Gasteiger partial charge in [0.1, 0.15) is 0 Å². The van der Waals surface area contributed by atoms with Gasteiger partial charge in [0.05, 0.1) is 0 Å².